The molecule has 1 aliphatic rings. The Balaban J connectivity index is 1.12. The summed E-state index contributed by atoms with van der Waals surface area (Å²) >= 11 is 7.33. The van der Waals surface area contributed by atoms with E-state index < -0.39 is 11.8 Å². The molecule has 2 aromatic carbocycles. The number of hydrazine groups is 1. The van der Waals surface area contributed by atoms with Gasteiger partial charge in [-0.05, 0) is 42.7 Å². The smallest absolute Gasteiger partial charge is 0.289 e. The lowest BCUT2D eigenvalue weighted by atomic mass is 9.97. The molecule has 0 spiro atoms. The van der Waals surface area contributed by atoms with Crippen molar-refractivity contribution >= 4 is 51.6 Å². The molecule has 5 rings (SSSR count). The lowest BCUT2D eigenvalue weighted by Crippen LogP contribution is -2.41. The normalized spacial score (nSPS) is 14.1. The van der Waals surface area contributed by atoms with E-state index in [0.29, 0.717) is 30.1 Å². The van der Waals surface area contributed by atoms with Gasteiger partial charge in [0.15, 0.2) is 0 Å². The van der Waals surface area contributed by atoms with Crippen molar-refractivity contribution in [2.75, 3.05) is 13.1 Å². The van der Waals surface area contributed by atoms with Gasteiger partial charge in [-0.15, -0.1) is 11.3 Å². The molecule has 0 atom stereocenters. The van der Waals surface area contributed by atoms with Crippen LogP contribution in [-0.4, -0.2) is 45.7 Å². The maximum Gasteiger partial charge on any atom is 0.289 e. The molecule has 4 aromatic rings. The molecule has 10 heteroatoms. The number of aromatic nitrogens is 2. The SMILES string of the molecule is O=C(NNC(=O)c1csc(C2CCN(C(=O)Cc3c[nH]c4ccccc34)CC2)n1)c1cccc(Cl)c1. The number of carbonyl (C=O) groups excluding carboxylic acids is 3. The second kappa shape index (κ2) is 10.5. The van der Waals surface area contributed by atoms with Crippen molar-refractivity contribution in [3.05, 3.63) is 87.0 Å². The lowest BCUT2D eigenvalue weighted by Gasteiger charge is -2.31. The fourth-order valence-corrected chi connectivity index (χ4v) is 5.55. The number of hydrogen-bond acceptors (Lipinski definition) is 5. The number of fused-ring (bicyclic) bond motifs is 1. The molecule has 1 fully saturated rings. The molecule has 2 aromatic heterocycles. The minimum absolute atomic E-state index is 0.118. The van der Waals surface area contributed by atoms with Crippen molar-refractivity contribution in [1.82, 2.24) is 25.7 Å². The Labute approximate surface area is 216 Å². The van der Waals surface area contributed by atoms with Crippen LogP contribution in [0.5, 0.6) is 0 Å². The van der Waals surface area contributed by atoms with Crippen molar-refractivity contribution in [2.24, 2.45) is 0 Å². The van der Waals surface area contributed by atoms with E-state index in [2.05, 4.69) is 20.8 Å². The Hall–Kier alpha value is -3.69. The van der Waals surface area contributed by atoms with Gasteiger partial charge < -0.3 is 9.88 Å². The summed E-state index contributed by atoms with van der Waals surface area (Å²) in [5, 5.41) is 4.07. The zero-order chi connectivity index (χ0) is 25.1. The summed E-state index contributed by atoms with van der Waals surface area (Å²) in [7, 11) is 0. The van der Waals surface area contributed by atoms with Gasteiger partial charge in [0.25, 0.3) is 11.8 Å². The summed E-state index contributed by atoms with van der Waals surface area (Å²) in [6.07, 6.45) is 3.87. The molecule has 0 aliphatic carbocycles. The standard InChI is InChI=1S/C26H24ClN5O3S/c27-19-5-3-4-17(12-19)24(34)30-31-25(35)22-15-36-26(29-22)16-8-10-32(11-9-16)23(33)13-18-14-28-21-7-2-1-6-20(18)21/h1-7,12,14-16,28H,8-11,13H2,(H,30,34)(H,31,35). The molecular formula is C26H24ClN5O3S. The number of H-pyrrole nitrogens is 1. The fraction of sp³-hybridized carbons (Fsp3) is 0.231. The highest BCUT2D eigenvalue weighted by atomic mass is 35.5. The van der Waals surface area contributed by atoms with Crippen LogP contribution in [0.25, 0.3) is 10.9 Å². The maximum absolute atomic E-state index is 12.9. The molecule has 184 valence electrons. The number of benzene rings is 2. The molecule has 0 saturated carbocycles. The fourth-order valence-electron chi connectivity index (χ4n) is 4.39. The molecule has 3 amide bonds. The topological polar surface area (TPSA) is 107 Å². The maximum atomic E-state index is 12.9. The van der Waals surface area contributed by atoms with Gasteiger partial charge in [-0.3, -0.25) is 25.2 Å². The van der Waals surface area contributed by atoms with Crippen LogP contribution in [0.3, 0.4) is 0 Å². The number of para-hydroxylation sites is 1. The third-order valence-electron chi connectivity index (χ3n) is 6.34. The van der Waals surface area contributed by atoms with E-state index in [-0.39, 0.29) is 17.5 Å². The molecule has 0 unspecified atom stereocenters. The average molecular weight is 522 g/mol. The largest absolute Gasteiger partial charge is 0.361 e. The van der Waals surface area contributed by atoms with Crippen molar-refractivity contribution in [3.8, 4) is 0 Å². The van der Waals surface area contributed by atoms with Crippen LogP contribution in [0.4, 0.5) is 0 Å². The van der Waals surface area contributed by atoms with Crippen molar-refractivity contribution < 1.29 is 14.4 Å². The number of nitrogens with one attached hydrogen (secondary N) is 3. The summed E-state index contributed by atoms with van der Waals surface area (Å²) < 4.78 is 0. The third-order valence-corrected chi connectivity index (χ3v) is 7.59. The number of amides is 3. The average Bonchev–Trinajstić information content (AvgIpc) is 3.55. The van der Waals surface area contributed by atoms with Gasteiger partial charge in [-0.1, -0.05) is 35.9 Å². The zero-order valence-electron chi connectivity index (χ0n) is 19.3. The Kier molecular flexibility index (Phi) is 7.02. The molecule has 36 heavy (non-hydrogen) atoms. The molecular weight excluding hydrogens is 498 g/mol. The molecule has 1 saturated heterocycles. The van der Waals surface area contributed by atoms with Gasteiger partial charge in [-0.2, -0.15) is 0 Å². The Morgan fingerprint density at radius 3 is 2.64 bits per heavy atom. The number of thiazole rings is 1. The van der Waals surface area contributed by atoms with Crippen LogP contribution < -0.4 is 10.9 Å². The van der Waals surface area contributed by atoms with E-state index in [0.717, 1.165) is 34.3 Å². The predicted molar refractivity (Wildman–Crippen MR) is 139 cm³/mol. The summed E-state index contributed by atoms with van der Waals surface area (Å²) in [4.78, 5) is 47.2. The van der Waals surface area contributed by atoms with Crippen LogP contribution in [0.1, 0.15) is 50.2 Å². The molecule has 8 nitrogen and oxygen atoms in total. The van der Waals surface area contributed by atoms with Crippen molar-refractivity contribution in [2.45, 2.75) is 25.2 Å². The van der Waals surface area contributed by atoms with Gasteiger partial charge in [0.2, 0.25) is 5.91 Å². The number of carbonyl (C=O) groups is 3. The van der Waals surface area contributed by atoms with E-state index in [1.165, 1.54) is 17.4 Å². The summed E-state index contributed by atoms with van der Waals surface area (Å²) in [5.74, 6) is -0.646. The second-order valence-electron chi connectivity index (χ2n) is 8.68. The van der Waals surface area contributed by atoms with E-state index in [4.69, 9.17) is 11.6 Å². The monoisotopic (exact) mass is 521 g/mol. The number of piperidine rings is 1. The van der Waals surface area contributed by atoms with E-state index in [9.17, 15) is 14.4 Å². The summed E-state index contributed by atoms with van der Waals surface area (Å²) in [5.41, 5.74) is 7.41. The van der Waals surface area contributed by atoms with Crippen LogP contribution in [-0.2, 0) is 11.2 Å². The first kappa shape index (κ1) is 24.0. The summed E-state index contributed by atoms with van der Waals surface area (Å²) in [6.45, 7) is 1.31. The number of likely N-dealkylation sites (tertiary alicyclic amines) is 1. The number of rotatable bonds is 5. The molecule has 0 radical (unpaired) electrons. The first-order valence-corrected chi connectivity index (χ1v) is 12.9. The number of halogens is 1. The van der Waals surface area contributed by atoms with Crippen LogP contribution >= 0.6 is 22.9 Å². The van der Waals surface area contributed by atoms with E-state index in [1.54, 1.807) is 23.6 Å². The van der Waals surface area contributed by atoms with E-state index >= 15 is 0 Å². The second-order valence-corrected chi connectivity index (χ2v) is 10.0. The zero-order valence-corrected chi connectivity index (χ0v) is 20.9. The van der Waals surface area contributed by atoms with Crippen LogP contribution in [0.2, 0.25) is 5.02 Å². The highest BCUT2D eigenvalue weighted by Gasteiger charge is 2.27. The van der Waals surface area contributed by atoms with Gasteiger partial charge in [0.05, 0.1) is 11.4 Å². The van der Waals surface area contributed by atoms with Gasteiger partial charge in [0, 0.05) is 52.1 Å². The summed E-state index contributed by atoms with van der Waals surface area (Å²) in [6, 6.07) is 14.4. The number of hydrogen-bond donors (Lipinski definition) is 3. The highest BCUT2D eigenvalue weighted by Crippen LogP contribution is 2.31. The Morgan fingerprint density at radius 1 is 1.06 bits per heavy atom. The molecule has 1 aliphatic heterocycles. The van der Waals surface area contributed by atoms with Crippen LogP contribution in [0.15, 0.2) is 60.1 Å². The van der Waals surface area contributed by atoms with E-state index in [1.807, 2.05) is 35.4 Å². The highest BCUT2D eigenvalue weighted by molar-refractivity contribution is 7.09. The first-order chi connectivity index (χ1) is 17.5. The predicted octanol–water partition coefficient (Wildman–Crippen LogP) is 4.30. The van der Waals surface area contributed by atoms with Crippen molar-refractivity contribution in [3.63, 3.8) is 0 Å². The van der Waals surface area contributed by atoms with Gasteiger partial charge in [-0.25, -0.2) is 4.98 Å². The lowest BCUT2D eigenvalue weighted by molar-refractivity contribution is -0.131. The number of aromatic amines is 1. The van der Waals surface area contributed by atoms with Crippen molar-refractivity contribution in [1.29, 1.82) is 0 Å². The van der Waals surface area contributed by atoms with Gasteiger partial charge in [0.1, 0.15) is 5.69 Å². The number of nitrogens with zero attached hydrogens (tertiary/aromatic N) is 2. The van der Waals surface area contributed by atoms with Crippen LogP contribution in [0, 0.1) is 0 Å². The van der Waals surface area contributed by atoms with Gasteiger partial charge >= 0.3 is 0 Å². The molecule has 0 bridgehead atoms. The Morgan fingerprint density at radius 2 is 1.83 bits per heavy atom. The molecule has 3 heterocycles. The third kappa shape index (κ3) is 5.27. The molecule has 3 N–H and O–H groups in total. The quantitative estimate of drug-likeness (QED) is 0.340. The minimum Gasteiger partial charge on any atom is -0.361 e. The Bertz CT molecular complexity index is 1420. The first-order valence-electron chi connectivity index (χ1n) is 11.6. The minimum atomic E-state index is -0.487.